The van der Waals surface area contributed by atoms with Crippen LogP contribution in [0.2, 0.25) is 0 Å². The van der Waals surface area contributed by atoms with E-state index in [1.54, 1.807) is 6.92 Å². The Labute approximate surface area is 95.7 Å². The van der Waals surface area contributed by atoms with Crippen LogP contribution in [0.5, 0.6) is 0 Å². The van der Waals surface area contributed by atoms with Gasteiger partial charge in [-0.2, -0.15) is 0 Å². The lowest BCUT2D eigenvalue weighted by Gasteiger charge is -2.25. The van der Waals surface area contributed by atoms with Gasteiger partial charge in [0.1, 0.15) is 0 Å². The summed E-state index contributed by atoms with van der Waals surface area (Å²) in [7, 11) is 0. The minimum absolute atomic E-state index is 0.129. The van der Waals surface area contributed by atoms with E-state index in [0.29, 0.717) is 0 Å². The molecule has 1 unspecified atom stereocenters. The molecule has 1 rings (SSSR count). The van der Waals surface area contributed by atoms with Gasteiger partial charge in [-0.15, -0.1) is 0 Å². The maximum Gasteiger partial charge on any atom is 0.313 e. The zero-order valence-electron chi connectivity index (χ0n) is 9.95. The van der Waals surface area contributed by atoms with Crippen molar-refractivity contribution in [1.82, 2.24) is 0 Å². The predicted molar refractivity (Wildman–Crippen MR) is 62.6 cm³/mol. The Morgan fingerprint density at radius 2 is 1.94 bits per heavy atom. The highest BCUT2D eigenvalue weighted by molar-refractivity contribution is 5.81. The van der Waals surface area contributed by atoms with Gasteiger partial charge in [0.05, 0.1) is 5.41 Å². The van der Waals surface area contributed by atoms with E-state index in [4.69, 9.17) is 5.11 Å². The maximum atomic E-state index is 11.3. The van der Waals surface area contributed by atoms with E-state index in [9.17, 15) is 9.90 Å². The Morgan fingerprint density at radius 3 is 2.38 bits per heavy atom. The fourth-order valence-corrected chi connectivity index (χ4v) is 1.68. The van der Waals surface area contributed by atoms with Crippen LogP contribution in [0.3, 0.4) is 0 Å². The molecule has 0 aliphatic heterocycles. The van der Waals surface area contributed by atoms with Crippen LogP contribution in [-0.4, -0.2) is 22.8 Å². The molecule has 0 bridgehead atoms. The van der Waals surface area contributed by atoms with Crippen molar-refractivity contribution in [1.29, 1.82) is 0 Å². The van der Waals surface area contributed by atoms with Gasteiger partial charge in [0, 0.05) is 6.61 Å². The number of hydrogen-bond acceptors (Lipinski definition) is 2. The van der Waals surface area contributed by atoms with Crippen LogP contribution in [0.15, 0.2) is 18.2 Å². The number of carbonyl (C=O) groups is 1. The molecule has 1 aromatic rings. The van der Waals surface area contributed by atoms with Crippen molar-refractivity contribution in [3.05, 3.63) is 34.9 Å². The van der Waals surface area contributed by atoms with E-state index in [1.165, 1.54) is 0 Å². The molecular formula is C13H18O3. The third-order valence-corrected chi connectivity index (χ3v) is 3.23. The van der Waals surface area contributed by atoms with Crippen LogP contribution >= 0.6 is 0 Å². The number of aliphatic hydroxyl groups excluding tert-OH is 1. The molecule has 0 aliphatic rings. The summed E-state index contributed by atoms with van der Waals surface area (Å²) in [5.74, 6) is -0.898. The first-order valence-electron chi connectivity index (χ1n) is 5.34. The highest BCUT2D eigenvalue weighted by Gasteiger charge is 2.34. The van der Waals surface area contributed by atoms with Crippen molar-refractivity contribution in [2.45, 2.75) is 32.6 Å². The molecule has 16 heavy (non-hydrogen) atoms. The second kappa shape index (κ2) is 4.66. The van der Waals surface area contributed by atoms with Gasteiger partial charge in [-0.25, -0.2) is 0 Å². The SMILES string of the molecule is Cc1ccc(C(C)(CCO)C(=O)O)cc1C. The standard InChI is InChI=1S/C13H18O3/c1-9-4-5-11(8-10(9)2)13(3,6-7-14)12(15)16/h4-5,8,14H,6-7H2,1-3H3,(H,15,16). The van der Waals surface area contributed by atoms with E-state index in [2.05, 4.69) is 0 Å². The summed E-state index contributed by atoms with van der Waals surface area (Å²) in [6, 6.07) is 5.63. The lowest BCUT2D eigenvalue weighted by Crippen LogP contribution is -2.33. The molecular weight excluding hydrogens is 204 g/mol. The monoisotopic (exact) mass is 222 g/mol. The molecule has 0 fully saturated rings. The molecule has 0 amide bonds. The molecule has 3 nitrogen and oxygen atoms in total. The third kappa shape index (κ3) is 2.25. The summed E-state index contributed by atoms with van der Waals surface area (Å²) in [6.45, 7) is 5.47. The third-order valence-electron chi connectivity index (χ3n) is 3.23. The van der Waals surface area contributed by atoms with Gasteiger partial charge in [0.15, 0.2) is 0 Å². The van der Waals surface area contributed by atoms with Crippen molar-refractivity contribution in [3.8, 4) is 0 Å². The highest BCUT2D eigenvalue weighted by atomic mass is 16.4. The van der Waals surface area contributed by atoms with Crippen molar-refractivity contribution in [3.63, 3.8) is 0 Å². The Morgan fingerprint density at radius 1 is 1.31 bits per heavy atom. The molecule has 0 heterocycles. The first-order valence-corrected chi connectivity index (χ1v) is 5.34. The molecule has 0 saturated heterocycles. The van der Waals surface area contributed by atoms with Gasteiger partial charge in [0.25, 0.3) is 0 Å². The van der Waals surface area contributed by atoms with Gasteiger partial charge in [0.2, 0.25) is 0 Å². The van der Waals surface area contributed by atoms with Gasteiger partial charge >= 0.3 is 5.97 Å². The molecule has 0 aliphatic carbocycles. The molecule has 0 saturated carbocycles. The average molecular weight is 222 g/mol. The smallest absolute Gasteiger partial charge is 0.313 e. The number of benzene rings is 1. The number of aliphatic hydroxyl groups is 1. The maximum absolute atomic E-state index is 11.3. The minimum atomic E-state index is -1.01. The van der Waals surface area contributed by atoms with Crippen molar-refractivity contribution in [2.24, 2.45) is 0 Å². The van der Waals surface area contributed by atoms with E-state index in [0.717, 1.165) is 16.7 Å². The number of carboxylic acids is 1. The molecule has 0 aromatic heterocycles. The molecule has 1 atom stereocenters. The predicted octanol–water partition coefficient (Wildman–Crippen LogP) is 2.03. The number of rotatable bonds is 4. The normalized spacial score (nSPS) is 14.5. The molecule has 0 spiro atoms. The molecule has 2 N–H and O–H groups in total. The summed E-state index contributed by atoms with van der Waals surface area (Å²) in [5, 5.41) is 18.2. The van der Waals surface area contributed by atoms with Gasteiger partial charge in [-0.1, -0.05) is 18.2 Å². The summed E-state index contributed by atoms with van der Waals surface area (Å²) in [6.07, 6.45) is 0.227. The number of carboxylic acid groups (broad SMARTS) is 1. The van der Waals surface area contributed by atoms with Crippen molar-refractivity contribution < 1.29 is 15.0 Å². The average Bonchev–Trinajstić information content (AvgIpc) is 2.22. The first kappa shape index (κ1) is 12.7. The van der Waals surface area contributed by atoms with Crippen LogP contribution in [0.4, 0.5) is 0 Å². The molecule has 3 heteroatoms. The molecule has 1 aromatic carbocycles. The van der Waals surface area contributed by atoms with Gasteiger partial charge < -0.3 is 10.2 Å². The zero-order valence-corrected chi connectivity index (χ0v) is 9.95. The quantitative estimate of drug-likeness (QED) is 0.819. The number of aliphatic carboxylic acids is 1. The highest BCUT2D eigenvalue weighted by Crippen LogP contribution is 2.29. The van der Waals surface area contributed by atoms with Crippen LogP contribution < -0.4 is 0 Å². The van der Waals surface area contributed by atoms with Crippen LogP contribution in [-0.2, 0) is 10.2 Å². The Kier molecular flexibility index (Phi) is 3.70. The number of aryl methyl sites for hydroxylation is 2. The lowest BCUT2D eigenvalue weighted by molar-refractivity contribution is -0.143. The van der Waals surface area contributed by atoms with Gasteiger partial charge in [-0.05, 0) is 43.9 Å². The van der Waals surface area contributed by atoms with E-state index in [1.807, 2.05) is 32.0 Å². The number of hydrogen-bond donors (Lipinski definition) is 2. The second-order valence-corrected chi connectivity index (χ2v) is 4.41. The Hall–Kier alpha value is -1.35. The summed E-state index contributed by atoms with van der Waals surface area (Å²) >= 11 is 0. The van der Waals surface area contributed by atoms with Crippen LogP contribution in [0.25, 0.3) is 0 Å². The Balaban J connectivity index is 3.21. The fourth-order valence-electron chi connectivity index (χ4n) is 1.68. The van der Waals surface area contributed by atoms with Crippen LogP contribution in [0, 0.1) is 13.8 Å². The lowest BCUT2D eigenvalue weighted by atomic mass is 9.79. The minimum Gasteiger partial charge on any atom is -0.481 e. The van der Waals surface area contributed by atoms with Gasteiger partial charge in [-0.3, -0.25) is 4.79 Å². The van der Waals surface area contributed by atoms with E-state index < -0.39 is 11.4 Å². The largest absolute Gasteiger partial charge is 0.481 e. The van der Waals surface area contributed by atoms with Crippen molar-refractivity contribution in [2.75, 3.05) is 6.61 Å². The van der Waals surface area contributed by atoms with E-state index >= 15 is 0 Å². The first-order chi connectivity index (χ1) is 7.41. The van der Waals surface area contributed by atoms with Crippen molar-refractivity contribution >= 4 is 5.97 Å². The van der Waals surface area contributed by atoms with Crippen LogP contribution in [0.1, 0.15) is 30.0 Å². The second-order valence-electron chi connectivity index (χ2n) is 4.41. The zero-order chi connectivity index (χ0) is 12.3. The summed E-state index contributed by atoms with van der Waals surface area (Å²) < 4.78 is 0. The fraction of sp³-hybridized carbons (Fsp3) is 0.462. The van der Waals surface area contributed by atoms with E-state index in [-0.39, 0.29) is 13.0 Å². The summed E-state index contributed by atoms with van der Waals surface area (Å²) in [5.41, 5.74) is 1.95. The molecule has 88 valence electrons. The molecule has 0 radical (unpaired) electrons. The Bertz CT molecular complexity index is 398. The summed E-state index contributed by atoms with van der Waals surface area (Å²) in [4.78, 5) is 11.3. The topological polar surface area (TPSA) is 57.5 Å².